The minimum atomic E-state index is -3.41. The fraction of sp³-hybridized carbons (Fsp3) is 0.421. The number of fused-ring (bicyclic) bond motifs is 1. The van der Waals surface area contributed by atoms with E-state index in [1.54, 1.807) is 4.90 Å². The van der Waals surface area contributed by atoms with Crippen molar-refractivity contribution in [2.45, 2.75) is 31.5 Å². The summed E-state index contributed by atoms with van der Waals surface area (Å²) in [4.78, 5) is 14.9. The molecule has 1 saturated carbocycles. The molecule has 1 aromatic carbocycles. The standard InChI is InChI=1S/C19H22ClN3O3S/c1-27(25,26)23(16-8-9-16)13-18(24)22-12-11-21-10-2-3-17(21)19(22)14-4-6-15(20)7-5-14/h2-7,10,16,19H,8-9,11-13H2,1H3/t19-/m1/s1. The number of amides is 1. The van der Waals surface area contributed by atoms with Crippen molar-refractivity contribution in [3.8, 4) is 0 Å². The molecule has 1 amide bonds. The van der Waals surface area contributed by atoms with E-state index in [0.29, 0.717) is 18.1 Å². The van der Waals surface area contributed by atoms with Gasteiger partial charge in [0, 0.05) is 36.0 Å². The third-order valence-corrected chi connectivity index (χ3v) is 6.75. The predicted molar refractivity (Wildman–Crippen MR) is 104 cm³/mol. The average Bonchev–Trinajstić information content (AvgIpc) is 3.34. The number of hydrogen-bond donors (Lipinski definition) is 0. The minimum absolute atomic E-state index is 0.0356. The number of hydrogen-bond acceptors (Lipinski definition) is 3. The molecule has 2 aromatic rings. The van der Waals surface area contributed by atoms with Gasteiger partial charge < -0.3 is 9.47 Å². The normalized spacial score (nSPS) is 20.0. The minimum Gasteiger partial charge on any atom is -0.348 e. The zero-order chi connectivity index (χ0) is 19.2. The van der Waals surface area contributed by atoms with E-state index in [0.717, 1.165) is 24.1 Å². The Kier molecular flexibility index (Phi) is 4.78. The average molecular weight is 408 g/mol. The first kappa shape index (κ1) is 18.5. The van der Waals surface area contributed by atoms with Crippen LogP contribution in [0.3, 0.4) is 0 Å². The first-order chi connectivity index (χ1) is 12.8. The Morgan fingerprint density at radius 3 is 2.52 bits per heavy atom. The van der Waals surface area contributed by atoms with Crippen molar-refractivity contribution in [3.63, 3.8) is 0 Å². The molecule has 4 rings (SSSR count). The number of aromatic nitrogens is 1. The highest BCUT2D eigenvalue weighted by Gasteiger charge is 2.39. The molecule has 0 bridgehead atoms. The van der Waals surface area contributed by atoms with Crippen LogP contribution in [0.15, 0.2) is 42.6 Å². The molecule has 6 nitrogen and oxygen atoms in total. The molecule has 8 heteroatoms. The smallest absolute Gasteiger partial charge is 0.238 e. The summed E-state index contributed by atoms with van der Waals surface area (Å²) in [6, 6.07) is 11.2. The summed E-state index contributed by atoms with van der Waals surface area (Å²) in [5.41, 5.74) is 1.99. The molecule has 1 fully saturated rings. The summed E-state index contributed by atoms with van der Waals surface area (Å²) >= 11 is 6.03. The Labute approximate surface area is 164 Å². The van der Waals surface area contributed by atoms with Gasteiger partial charge in [-0.1, -0.05) is 23.7 Å². The van der Waals surface area contributed by atoms with Gasteiger partial charge in [0.1, 0.15) is 0 Å². The van der Waals surface area contributed by atoms with E-state index in [1.807, 2.05) is 42.6 Å². The molecule has 0 saturated heterocycles. The lowest BCUT2D eigenvalue weighted by Gasteiger charge is -2.38. The maximum absolute atomic E-state index is 13.2. The molecule has 2 aliphatic rings. The van der Waals surface area contributed by atoms with Crippen molar-refractivity contribution >= 4 is 27.5 Å². The molecule has 144 valence electrons. The van der Waals surface area contributed by atoms with Gasteiger partial charge in [-0.15, -0.1) is 0 Å². The summed E-state index contributed by atoms with van der Waals surface area (Å²) < 4.78 is 27.7. The Morgan fingerprint density at radius 2 is 1.89 bits per heavy atom. The molecule has 0 spiro atoms. The van der Waals surface area contributed by atoms with E-state index in [1.165, 1.54) is 10.6 Å². The SMILES string of the molecule is CS(=O)(=O)N(CC(=O)N1CCn2cccc2[C@H]1c1ccc(Cl)cc1)C1CC1. The van der Waals surface area contributed by atoms with E-state index in [-0.39, 0.29) is 24.5 Å². The highest BCUT2D eigenvalue weighted by molar-refractivity contribution is 7.88. The lowest BCUT2D eigenvalue weighted by atomic mass is 10.00. The van der Waals surface area contributed by atoms with Crippen molar-refractivity contribution in [2.24, 2.45) is 0 Å². The maximum atomic E-state index is 13.2. The Morgan fingerprint density at radius 1 is 1.19 bits per heavy atom. The van der Waals surface area contributed by atoms with E-state index in [2.05, 4.69) is 4.57 Å². The fourth-order valence-corrected chi connectivity index (χ4v) is 4.97. The Balaban J connectivity index is 1.65. The fourth-order valence-electron chi connectivity index (χ4n) is 3.75. The molecular weight excluding hydrogens is 386 g/mol. The van der Waals surface area contributed by atoms with Gasteiger partial charge in [0.15, 0.2) is 0 Å². The number of sulfonamides is 1. The van der Waals surface area contributed by atoms with Gasteiger partial charge in [0.2, 0.25) is 15.9 Å². The van der Waals surface area contributed by atoms with Gasteiger partial charge in [-0.25, -0.2) is 8.42 Å². The summed E-state index contributed by atoms with van der Waals surface area (Å²) in [5, 5.41) is 0.639. The van der Waals surface area contributed by atoms with Gasteiger partial charge in [-0.05, 0) is 42.7 Å². The van der Waals surface area contributed by atoms with Gasteiger partial charge in [0.25, 0.3) is 0 Å². The maximum Gasteiger partial charge on any atom is 0.238 e. The van der Waals surface area contributed by atoms with Gasteiger partial charge in [0.05, 0.1) is 18.8 Å². The van der Waals surface area contributed by atoms with E-state index >= 15 is 0 Å². The van der Waals surface area contributed by atoms with Crippen LogP contribution in [0.25, 0.3) is 0 Å². The molecule has 2 heterocycles. The number of carbonyl (C=O) groups excluding carboxylic acids is 1. The molecule has 1 aromatic heterocycles. The molecule has 0 N–H and O–H groups in total. The van der Waals surface area contributed by atoms with Crippen LogP contribution in [0.5, 0.6) is 0 Å². The molecule has 27 heavy (non-hydrogen) atoms. The topological polar surface area (TPSA) is 62.6 Å². The highest BCUT2D eigenvalue weighted by Crippen LogP contribution is 2.34. The third kappa shape index (κ3) is 3.77. The lowest BCUT2D eigenvalue weighted by Crippen LogP contribution is -2.48. The largest absolute Gasteiger partial charge is 0.348 e. The second-order valence-electron chi connectivity index (χ2n) is 7.21. The van der Waals surface area contributed by atoms with Crippen molar-refractivity contribution in [2.75, 3.05) is 19.3 Å². The first-order valence-corrected chi connectivity index (χ1v) is 11.2. The highest BCUT2D eigenvalue weighted by atomic mass is 35.5. The van der Waals surface area contributed by atoms with Gasteiger partial charge in [-0.2, -0.15) is 4.31 Å². The predicted octanol–water partition coefficient (Wildman–Crippen LogP) is 2.50. The first-order valence-electron chi connectivity index (χ1n) is 9.01. The zero-order valence-corrected chi connectivity index (χ0v) is 16.7. The molecule has 1 aliphatic carbocycles. The van der Waals surface area contributed by atoms with Crippen molar-refractivity contribution in [1.82, 2.24) is 13.8 Å². The van der Waals surface area contributed by atoms with Crippen LogP contribution >= 0.6 is 11.6 Å². The van der Waals surface area contributed by atoms with Crippen LogP contribution in [0.2, 0.25) is 5.02 Å². The number of halogens is 1. The number of carbonyl (C=O) groups is 1. The quantitative estimate of drug-likeness (QED) is 0.765. The molecule has 0 unspecified atom stereocenters. The van der Waals surface area contributed by atoms with Gasteiger partial charge in [-0.3, -0.25) is 4.79 Å². The van der Waals surface area contributed by atoms with Crippen molar-refractivity contribution in [1.29, 1.82) is 0 Å². The molecule has 1 atom stereocenters. The van der Waals surface area contributed by atoms with Crippen LogP contribution in [0, 0.1) is 0 Å². The molecule has 1 aliphatic heterocycles. The van der Waals surface area contributed by atoms with Crippen molar-refractivity contribution in [3.05, 3.63) is 58.9 Å². The van der Waals surface area contributed by atoms with Crippen LogP contribution < -0.4 is 0 Å². The number of nitrogens with zero attached hydrogens (tertiary/aromatic N) is 3. The second kappa shape index (κ2) is 6.96. The molecule has 0 radical (unpaired) electrons. The lowest BCUT2D eigenvalue weighted by molar-refractivity contribution is -0.134. The van der Waals surface area contributed by atoms with Crippen LogP contribution in [0.1, 0.15) is 30.1 Å². The van der Waals surface area contributed by atoms with E-state index in [9.17, 15) is 13.2 Å². The number of rotatable bonds is 5. The summed E-state index contributed by atoms with van der Waals surface area (Å²) in [5.74, 6) is -0.167. The van der Waals surface area contributed by atoms with Crippen molar-refractivity contribution < 1.29 is 13.2 Å². The van der Waals surface area contributed by atoms with Crippen LogP contribution in [-0.4, -0.2) is 53.5 Å². The Hall–Kier alpha value is -1.83. The summed E-state index contributed by atoms with van der Waals surface area (Å²) in [6.45, 7) is 1.13. The van der Waals surface area contributed by atoms with E-state index in [4.69, 9.17) is 11.6 Å². The zero-order valence-electron chi connectivity index (χ0n) is 15.1. The second-order valence-corrected chi connectivity index (χ2v) is 9.58. The number of benzene rings is 1. The summed E-state index contributed by atoms with van der Waals surface area (Å²) in [6.07, 6.45) is 4.83. The third-order valence-electron chi connectivity index (χ3n) is 5.22. The monoisotopic (exact) mass is 407 g/mol. The van der Waals surface area contributed by atoms with Gasteiger partial charge >= 0.3 is 0 Å². The van der Waals surface area contributed by atoms with E-state index < -0.39 is 10.0 Å². The Bertz CT molecular complexity index is 951. The van der Waals surface area contributed by atoms with Crippen LogP contribution in [0.4, 0.5) is 0 Å². The van der Waals surface area contributed by atoms with Crippen LogP contribution in [-0.2, 0) is 21.4 Å². The molecular formula is C19H22ClN3O3S. The summed E-state index contributed by atoms with van der Waals surface area (Å²) in [7, 11) is -3.41.